The van der Waals surface area contributed by atoms with Gasteiger partial charge in [-0.2, -0.15) is 0 Å². The van der Waals surface area contributed by atoms with Crippen molar-refractivity contribution in [1.82, 2.24) is 5.32 Å². The summed E-state index contributed by atoms with van der Waals surface area (Å²) in [5.74, 6) is 0.640. The second kappa shape index (κ2) is 6.23. The van der Waals surface area contributed by atoms with Gasteiger partial charge in [-0.15, -0.1) is 0 Å². The van der Waals surface area contributed by atoms with Gasteiger partial charge in [-0.25, -0.2) is 0 Å². The molecule has 0 aromatic carbocycles. The molecule has 2 atom stereocenters. The molecule has 4 nitrogen and oxygen atoms in total. The Morgan fingerprint density at radius 1 is 1.26 bits per heavy atom. The average molecular weight is 269 g/mol. The fourth-order valence-corrected chi connectivity index (χ4v) is 3.60. The topological polar surface area (TPSA) is 69.6 Å². The van der Waals surface area contributed by atoms with Gasteiger partial charge in [0.25, 0.3) is 0 Å². The highest BCUT2D eigenvalue weighted by molar-refractivity contribution is 5.70. The third-order valence-corrected chi connectivity index (χ3v) is 4.96. The fourth-order valence-electron chi connectivity index (χ4n) is 3.60. The van der Waals surface area contributed by atoms with Crippen LogP contribution in [-0.4, -0.2) is 34.9 Å². The van der Waals surface area contributed by atoms with Crippen molar-refractivity contribution in [2.75, 3.05) is 13.1 Å². The SMILES string of the molecule is CC1CCC(CNCC2(O)CCC(C(=O)O)CC2)C1. The molecule has 3 N–H and O–H groups in total. The molecule has 0 aromatic heterocycles. The van der Waals surface area contributed by atoms with Crippen molar-refractivity contribution in [1.29, 1.82) is 0 Å². The van der Waals surface area contributed by atoms with E-state index in [1.807, 2.05) is 0 Å². The summed E-state index contributed by atoms with van der Waals surface area (Å²) in [6, 6.07) is 0. The van der Waals surface area contributed by atoms with Crippen LogP contribution >= 0.6 is 0 Å². The molecule has 2 saturated carbocycles. The number of nitrogens with one attached hydrogen (secondary N) is 1. The second-order valence-electron chi connectivity index (χ2n) is 6.75. The van der Waals surface area contributed by atoms with Crippen molar-refractivity contribution in [2.24, 2.45) is 17.8 Å². The lowest BCUT2D eigenvalue weighted by molar-refractivity contribution is -0.144. The maximum atomic E-state index is 10.9. The largest absolute Gasteiger partial charge is 0.481 e. The Morgan fingerprint density at radius 2 is 1.95 bits per heavy atom. The standard InChI is InChI=1S/C15H27NO3/c1-11-2-3-12(8-11)9-16-10-15(19)6-4-13(5-7-15)14(17)18/h11-13,16,19H,2-10H2,1H3,(H,17,18). The minimum Gasteiger partial charge on any atom is -0.481 e. The van der Waals surface area contributed by atoms with Crippen molar-refractivity contribution < 1.29 is 15.0 Å². The summed E-state index contributed by atoms with van der Waals surface area (Å²) in [7, 11) is 0. The smallest absolute Gasteiger partial charge is 0.306 e. The summed E-state index contributed by atoms with van der Waals surface area (Å²) in [6.07, 6.45) is 6.36. The van der Waals surface area contributed by atoms with Crippen LogP contribution in [0.1, 0.15) is 51.9 Å². The van der Waals surface area contributed by atoms with Crippen LogP contribution in [0.5, 0.6) is 0 Å². The van der Waals surface area contributed by atoms with E-state index in [-0.39, 0.29) is 5.92 Å². The molecular weight excluding hydrogens is 242 g/mol. The average Bonchev–Trinajstić information content (AvgIpc) is 2.75. The molecule has 0 saturated heterocycles. The molecule has 0 spiro atoms. The zero-order valence-electron chi connectivity index (χ0n) is 11.9. The van der Waals surface area contributed by atoms with Crippen molar-refractivity contribution in [3.63, 3.8) is 0 Å². The molecule has 2 fully saturated rings. The zero-order chi connectivity index (χ0) is 13.9. The highest BCUT2D eigenvalue weighted by Crippen LogP contribution is 2.32. The van der Waals surface area contributed by atoms with Crippen molar-refractivity contribution in [3.8, 4) is 0 Å². The van der Waals surface area contributed by atoms with Crippen LogP contribution in [0.15, 0.2) is 0 Å². The summed E-state index contributed by atoms with van der Waals surface area (Å²) in [6.45, 7) is 3.92. The van der Waals surface area contributed by atoms with E-state index in [4.69, 9.17) is 5.11 Å². The fraction of sp³-hybridized carbons (Fsp3) is 0.933. The lowest BCUT2D eigenvalue weighted by Gasteiger charge is -2.35. The molecule has 2 unspecified atom stereocenters. The summed E-state index contributed by atoms with van der Waals surface area (Å²) in [5.41, 5.74) is -0.684. The van der Waals surface area contributed by atoms with E-state index in [1.54, 1.807) is 0 Å². The highest BCUT2D eigenvalue weighted by Gasteiger charge is 2.35. The van der Waals surface area contributed by atoms with Crippen molar-refractivity contribution in [2.45, 2.75) is 57.5 Å². The van der Waals surface area contributed by atoms with Crippen LogP contribution in [0, 0.1) is 17.8 Å². The molecule has 0 radical (unpaired) electrons. The molecule has 0 bridgehead atoms. The number of carboxylic acid groups (broad SMARTS) is 1. The van der Waals surface area contributed by atoms with E-state index in [9.17, 15) is 9.90 Å². The first-order valence-electron chi connectivity index (χ1n) is 7.64. The van der Waals surface area contributed by atoms with Crippen LogP contribution in [0.2, 0.25) is 0 Å². The number of rotatable bonds is 5. The Balaban J connectivity index is 1.67. The zero-order valence-corrected chi connectivity index (χ0v) is 11.9. The van der Waals surface area contributed by atoms with Crippen LogP contribution in [0.4, 0.5) is 0 Å². The molecule has 2 aliphatic rings. The first kappa shape index (κ1) is 14.8. The summed E-state index contributed by atoms with van der Waals surface area (Å²) < 4.78 is 0. The quantitative estimate of drug-likeness (QED) is 0.714. The number of carbonyl (C=O) groups is 1. The molecule has 0 aromatic rings. The minimum absolute atomic E-state index is 0.254. The maximum Gasteiger partial charge on any atom is 0.306 e. The van der Waals surface area contributed by atoms with Crippen molar-refractivity contribution >= 4 is 5.97 Å². The van der Waals surface area contributed by atoms with E-state index < -0.39 is 11.6 Å². The third kappa shape index (κ3) is 4.18. The van der Waals surface area contributed by atoms with Gasteiger partial charge in [0, 0.05) is 6.54 Å². The van der Waals surface area contributed by atoms with E-state index in [2.05, 4.69) is 12.2 Å². The molecule has 2 aliphatic carbocycles. The van der Waals surface area contributed by atoms with Crippen molar-refractivity contribution in [3.05, 3.63) is 0 Å². The normalized spacial score (nSPS) is 39.4. The Morgan fingerprint density at radius 3 is 2.47 bits per heavy atom. The van der Waals surface area contributed by atoms with Crippen LogP contribution in [0.25, 0.3) is 0 Å². The molecule has 2 rings (SSSR count). The van der Waals surface area contributed by atoms with Gasteiger partial charge in [0.05, 0.1) is 11.5 Å². The van der Waals surface area contributed by atoms with Gasteiger partial charge >= 0.3 is 5.97 Å². The van der Waals surface area contributed by atoms with Gasteiger partial charge in [0.2, 0.25) is 0 Å². The lowest BCUT2D eigenvalue weighted by atomic mass is 9.79. The van der Waals surface area contributed by atoms with Crippen LogP contribution in [0.3, 0.4) is 0 Å². The number of aliphatic hydroxyl groups is 1. The van der Waals surface area contributed by atoms with Crippen LogP contribution < -0.4 is 5.32 Å². The predicted octanol–water partition coefficient (Wildman–Crippen LogP) is 2.02. The monoisotopic (exact) mass is 269 g/mol. The summed E-state index contributed by atoms with van der Waals surface area (Å²) in [5, 5.41) is 22.8. The van der Waals surface area contributed by atoms with E-state index in [0.717, 1.165) is 18.4 Å². The van der Waals surface area contributed by atoms with Gasteiger partial charge in [-0.1, -0.05) is 13.3 Å². The van der Waals surface area contributed by atoms with E-state index in [1.165, 1.54) is 19.3 Å². The number of hydrogen-bond donors (Lipinski definition) is 3. The highest BCUT2D eigenvalue weighted by atomic mass is 16.4. The van der Waals surface area contributed by atoms with E-state index in [0.29, 0.717) is 32.2 Å². The maximum absolute atomic E-state index is 10.9. The van der Waals surface area contributed by atoms with E-state index >= 15 is 0 Å². The number of hydrogen-bond acceptors (Lipinski definition) is 3. The first-order valence-corrected chi connectivity index (χ1v) is 7.64. The van der Waals surface area contributed by atoms with Gasteiger partial charge in [-0.05, 0) is 56.9 Å². The Labute approximate surface area is 115 Å². The molecule has 4 heteroatoms. The lowest BCUT2D eigenvalue weighted by Crippen LogP contribution is -2.45. The Bertz CT molecular complexity index is 311. The van der Waals surface area contributed by atoms with Crippen LogP contribution in [-0.2, 0) is 4.79 Å². The molecule has 110 valence electrons. The third-order valence-electron chi connectivity index (χ3n) is 4.96. The predicted molar refractivity (Wildman–Crippen MR) is 73.9 cm³/mol. The molecular formula is C15H27NO3. The Kier molecular flexibility index (Phi) is 4.85. The van der Waals surface area contributed by atoms with Gasteiger partial charge in [0.15, 0.2) is 0 Å². The van der Waals surface area contributed by atoms with Gasteiger partial charge in [-0.3, -0.25) is 4.79 Å². The number of carboxylic acids is 1. The molecule has 19 heavy (non-hydrogen) atoms. The second-order valence-corrected chi connectivity index (χ2v) is 6.75. The molecule has 0 heterocycles. The van der Waals surface area contributed by atoms with Gasteiger partial charge < -0.3 is 15.5 Å². The minimum atomic E-state index is -0.713. The molecule has 0 amide bonds. The molecule has 0 aliphatic heterocycles. The Hall–Kier alpha value is -0.610. The summed E-state index contributed by atoms with van der Waals surface area (Å²) >= 11 is 0. The van der Waals surface area contributed by atoms with Gasteiger partial charge in [0.1, 0.15) is 0 Å². The first-order chi connectivity index (χ1) is 8.98. The number of aliphatic carboxylic acids is 1. The summed E-state index contributed by atoms with van der Waals surface area (Å²) in [4.78, 5) is 10.9.